The van der Waals surface area contributed by atoms with Crippen molar-refractivity contribution in [2.24, 2.45) is 5.41 Å². The second-order valence-electron chi connectivity index (χ2n) is 5.16. The predicted molar refractivity (Wildman–Crippen MR) is 61.9 cm³/mol. The highest BCUT2D eigenvalue weighted by Gasteiger charge is 2.12. The molecule has 1 aromatic heterocycles. The van der Waals surface area contributed by atoms with E-state index in [0.29, 0.717) is 5.75 Å². The van der Waals surface area contributed by atoms with Crippen molar-refractivity contribution in [1.29, 1.82) is 0 Å². The van der Waals surface area contributed by atoms with E-state index in [1.807, 2.05) is 12.3 Å². The number of hydrogen-bond acceptors (Lipinski definition) is 1. The third-order valence-electron chi connectivity index (χ3n) is 2.31. The Labute approximate surface area is 90.2 Å². The molecule has 0 atom stereocenters. The van der Waals surface area contributed by atoms with Crippen LogP contribution in [-0.2, 0) is 6.54 Å². The summed E-state index contributed by atoms with van der Waals surface area (Å²) in [5.41, 5.74) is 1.38. The summed E-state index contributed by atoms with van der Waals surface area (Å²) < 4.78 is 2.18. The van der Waals surface area contributed by atoms with Crippen molar-refractivity contribution in [1.82, 2.24) is 4.57 Å². The molecule has 2 heteroatoms. The maximum absolute atomic E-state index is 9.34. The minimum Gasteiger partial charge on any atom is -0.508 e. The maximum atomic E-state index is 9.34. The molecular weight excluding hydrogens is 186 g/mol. The minimum absolute atomic E-state index is 0.248. The largest absolute Gasteiger partial charge is 0.508 e. The third kappa shape index (κ3) is 2.14. The smallest absolute Gasteiger partial charge is 0.116 e. The molecule has 0 spiro atoms. The van der Waals surface area contributed by atoms with Gasteiger partial charge in [0.2, 0.25) is 0 Å². The van der Waals surface area contributed by atoms with Crippen LogP contribution >= 0.6 is 0 Å². The van der Waals surface area contributed by atoms with Crippen LogP contribution in [0.5, 0.6) is 5.75 Å². The van der Waals surface area contributed by atoms with Gasteiger partial charge in [-0.05, 0) is 23.6 Å². The van der Waals surface area contributed by atoms with E-state index in [1.54, 1.807) is 12.1 Å². The highest BCUT2D eigenvalue weighted by Crippen LogP contribution is 2.24. The van der Waals surface area contributed by atoms with E-state index < -0.39 is 0 Å². The monoisotopic (exact) mass is 202 g/mol. The number of hydrogen-bond donors (Lipinski definition) is 1. The van der Waals surface area contributed by atoms with Gasteiger partial charge in [-0.25, -0.2) is 0 Å². The number of benzene rings is 1. The highest BCUT2D eigenvalue weighted by atomic mass is 16.3. The van der Waals surface area contributed by atoms with Crippen molar-refractivity contribution in [3.05, 3.63) is 30.5 Å². The second-order valence-corrected chi connectivity index (χ2v) is 5.16. The van der Waals surface area contributed by atoms with E-state index in [2.05, 4.69) is 31.4 Å². The van der Waals surface area contributed by atoms with Crippen LogP contribution in [0.4, 0.5) is 0 Å². The van der Waals surface area contributed by atoms with Crippen LogP contribution in [0.2, 0.25) is 0 Å². The topological polar surface area (TPSA) is 25.2 Å². The van der Waals surface area contributed by atoms with Crippen LogP contribution in [0, 0.1) is 11.5 Å². The van der Waals surface area contributed by atoms with Gasteiger partial charge in [-0.3, -0.25) is 0 Å². The highest BCUT2D eigenvalue weighted by molar-refractivity contribution is 5.80. The van der Waals surface area contributed by atoms with Gasteiger partial charge in [0, 0.05) is 29.7 Å². The molecule has 1 N–H and O–H groups in total. The van der Waals surface area contributed by atoms with Crippen molar-refractivity contribution in [3.8, 4) is 5.75 Å². The van der Waals surface area contributed by atoms with Crippen molar-refractivity contribution >= 4 is 10.9 Å². The standard InChI is InChI=1S/C13H16NO/c1-13(2,3)9-14-7-6-10-8-11(15)4-5-12(10)14/h4-5,7-8,15H,9H2,1-3H3. The number of nitrogens with zero attached hydrogens (tertiary/aromatic N) is 1. The fraction of sp³-hybridized carbons (Fsp3) is 0.385. The van der Waals surface area contributed by atoms with Crippen molar-refractivity contribution < 1.29 is 5.11 Å². The molecule has 2 nitrogen and oxygen atoms in total. The molecule has 2 rings (SSSR count). The van der Waals surface area contributed by atoms with Gasteiger partial charge in [0.25, 0.3) is 0 Å². The van der Waals surface area contributed by atoms with Crippen LogP contribution in [0.15, 0.2) is 24.4 Å². The molecule has 0 aliphatic rings. The average molecular weight is 202 g/mol. The van der Waals surface area contributed by atoms with Gasteiger partial charge in [-0.2, -0.15) is 0 Å². The van der Waals surface area contributed by atoms with Crippen LogP contribution in [0.3, 0.4) is 0 Å². The lowest BCUT2D eigenvalue weighted by Crippen LogP contribution is -2.14. The van der Waals surface area contributed by atoms with E-state index in [0.717, 1.165) is 17.4 Å². The predicted octanol–water partition coefficient (Wildman–Crippen LogP) is 3.19. The van der Waals surface area contributed by atoms with Crippen LogP contribution in [0.1, 0.15) is 20.8 Å². The molecule has 0 unspecified atom stereocenters. The first-order chi connectivity index (χ1) is 6.96. The lowest BCUT2D eigenvalue weighted by molar-refractivity contribution is 0.349. The van der Waals surface area contributed by atoms with Crippen LogP contribution < -0.4 is 0 Å². The molecule has 0 saturated carbocycles. The van der Waals surface area contributed by atoms with E-state index in [9.17, 15) is 5.11 Å². The molecule has 79 valence electrons. The first-order valence-corrected chi connectivity index (χ1v) is 5.15. The Bertz CT molecular complexity index is 477. The van der Waals surface area contributed by atoms with Gasteiger partial charge in [0.05, 0.1) is 0 Å². The summed E-state index contributed by atoms with van der Waals surface area (Å²) in [7, 11) is 0. The Morgan fingerprint density at radius 1 is 1.33 bits per heavy atom. The fourth-order valence-electron chi connectivity index (χ4n) is 1.75. The summed E-state index contributed by atoms with van der Waals surface area (Å²) in [5, 5.41) is 10.3. The number of rotatable bonds is 1. The van der Waals surface area contributed by atoms with Gasteiger partial charge in [-0.1, -0.05) is 20.8 Å². The zero-order valence-electron chi connectivity index (χ0n) is 9.41. The lowest BCUT2D eigenvalue weighted by atomic mass is 9.97. The summed E-state index contributed by atoms with van der Waals surface area (Å²) in [4.78, 5) is 0. The molecule has 0 aliphatic heterocycles. The summed E-state index contributed by atoms with van der Waals surface area (Å²) >= 11 is 0. The minimum atomic E-state index is 0.248. The Morgan fingerprint density at radius 3 is 2.73 bits per heavy atom. The van der Waals surface area contributed by atoms with Crippen LogP contribution in [-0.4, -0.2) is 9.67 Å². The van der Waals surface area contributed by atoms with E-state index >= 15 is 0 Å². The number of phenolic OH excluding ortho intramolecular Hbond substituents is 1. The molecule has 0 aliphatic carbocycles. The van der Waals surface area contributed by atoms with Crippen molar-refractivity contribution in [3.63, 3.8) is 0 Å². The first kappa shape index (κ1) is 10.1. The first-order valence-electron chi connectivity index (χ1n) is 5.15. The van der Waals surface area contributed by atoms with Gasteiger partial charge >= 0.3 is 0 Å². The molecule has 0 saturated heterocycles. The Morgan fingerprint density at radius 2 is 2.07 bits per heavy atom. The molecule has 0 fully saturated rings. The molecule has 1 radical (unpaired) electrons. The fourth-order valence-corrected chi connectivity index (χ4v) is 1.75. The summed E-state index contributed by atoms with van der Waals surface area (Å²) in [5.74, 6) is 0.298. The molecule has 1 heterocycles. The quantitative estimate of drug-likeness (QED) is 0.754. The summed E-state index contributed by atoms with van der Waals surface area (Å²) in [6.07, 6.45) is 1.95. The van der Waals surface area contributed by atoms with Crippen molar-refractivity contribution in [2.75, 3.05) is 0 Å². The zero-order valence-corrected chi connectivity index (χ0v) is 9.41. The Balaban J connectivity index is 2.45. The van der Waals surface area contributed by atoms with Crippen molar-refractivity contribution in [2.45, 2.75) is 27.3 Å². The third-order valence-corrected chi connectivity index (χ3v) is 2.31. The van der Waals surface area contributed by atoms with Crippen LogP contribution in [0.25, 0.3) is 10.9 Å². The normalized spacial score (nSPS) is 12.2. The van der Waals surface area contributed by atoms with E-state index in [4.69, 9.17) is 0 Å². The summed E-state index contributed by atoms with van der Waals surface area (Å²) in [6, 6.07) is 8.55. The van der Waals surface area contributed by atoms with Gasteiger partial charge < -0.3 is 9.67 Å². The lowest BCUT2D eigenvalue weighted by Gasteiger charge is -2.19. The van der Waals surface area contributed by atoms with Gasteiger partial charge in [0.1, 0.15) is 5.75 Å². The second kappa shape index (κ2) is 3.30. The summed E-state index contributed by atoms with van der Waals surface area (Å²) in [6.45, 7) is 7.58. The molecule has 2 aromatic rings. The average Bonchev–Trinajstić information content (AvgIpc) is 2.45. The number of aromatic hydroxyl groups is 1. The molecule has 15 heavy (non-hydrogen) atoms. The van der Waals surface area contributed by atoms with Gasteiger partial charge in [-0.15, -0.1) is 0 Å². The number of fused-ring (bicyclic) bond motifs is 1. The maximum Gasteiger partial charge on any atom is 0.116 e. The SMILES string of the molecule is CC(C)(C)Cn1c[c]c2cc(O)ccc21. The zero-order chi connectivity index (χ0) is 11.1. The van der Waals surface area contributed by atoms with Gasteiger partial charge in [0.15, 0.2) is 0 Å². The molecule has 0 bridgehead atoms. The molecule has 0 amide bonds. The number of phenols is 1. The Kier molecular flexibility index (Phi) is 2.22. The number of aromatic nitrogens is 1. The Hall–Kier alpha value is -1.44. The van der Waals surface area contributed by atoms with E-state index in [-0.39, 0.29) is 5.41 Å². The molecular formula is C13H16NO. The van der Waals surface area contributed by atoms with E-state index in [1.165, 1.54) is 0 Å². The molecule has 1 aromatic carbocycles.